The van der Waals surface area contributed by atoms with Crippen molar-refractivity contribution >= 4 is 0 Å². The maximum absolute atomic E-state index is 12.4. The van der Waals surface area contributed by atoms with Gasteiger partial charge in [-0.2, -0.15) is 26.3 Å². The average Bonchev–Trinajstić information content (AvgIpc) is 2.13. The van der Waals surface area contributed by atoms with Crippen molar-refractivity contribution in [3.63, 3.8) is 0 Å². The largest absolute Gasteiger partial charge is 0.391 e. The van der Waals surface area contributed by atoms with Crippen LogP contribution in [0.5, 0.6) is 0 Å². The minimum Gasteiger partial charge on any atom is -0.390 e. The molecule has 1 rings (SSSR count). The molecule has 0 aromatic carbocycles. The first-order valence-electron chi connectivity index (χ1n) is 5.38. The van der Waals surface area contributed by atoms with E-state index in [4.69, 9.17) is 0 Å². The summed E-state index contributed by atoms with van der Waals surface area (Å²) in [5.74, 6) is -1.69. The van der Waals surface area contributed by atoms with Gasteiger partial charge < -0.3 is 5.11 Å². The zero-order valence-electron chi connectivity index (χ0n) is 9.03. The lowest BCUT2D eigenvalue weighted by Crippen LogP contribution is -2.41. The van der Waals surface area contributed by atoms with Crippen molar-refractivity contribution in [3.05, 3.63) is 0 Å². The van der Waals surface area contributed by atoms with Crippen molar-refractivity contribution in [1.82, 2.24) is 0 Å². The topological polar surface area (TPSA) is 20.2 Å². The summed E-state index contributed by atoms with van der Waals surface area (Å²) in [6.07, 6.45) is -11.4. The molecule has 0 amide bonds. The summed E-state index contributed by atoms with van der Waals surface area (Å²) < 4.78 is 73.2. The van der Waals surface area contributed by atoms with Crippen LogP contribution in [-0.4, -0.2) is 23.1 Å². The van der Waals surface area contributed by atoms with Crippen LogP contribution in [0.4, 0.5) is 26.3 Å². The predicted octanol–water partition coefficient (Wildman–Crippen LogP) is 3.81. The highest BCUT2D eigenvalue weighted by molar-refractivity contribution is 4.89. The standard InChI is InChI=1S/C10H14F6O/c11-9(12,13)5-4-8(17)3-1-2-7(6-8)10(14,15)16/h7,17H,1-6H2. The molecular weight excluding hydrogens is 250 g/mol. The Labute approximate surface area is 94.8 Å². The van der Waals surface area contributed by atoms with Gasteiger partial charge in [0.2, 0.25) is 0 Å². The fourth-order valence-electron chi connectivity index (χ4n) is 2.22. The van der Waals surface area contributed by atoms with Crippen LogP contribution in [0.1, 0.15) is 38.5 Å². The Morgan fingerprint density at radius 2 is 1.71 bits per heavy atom. The minimum absolute atomic E-state index is 0.00958. The fourth-order valence-corrected chi connectivity index (χ4v) is 2.22. The first-order valence-corrected chi connectivity index (χ1v) is 5.38. The molecule has 17 heavy (non-hydrogen) atoms. The van der Waals surface area contributed by atoms with Crippen LogP contribution in [-0.2, 0) is 0 Å². The van der Waals surface area contributed by atoms with E-state index in [-0.39, 0.29) is 19.3 Å². The highest BCUT2D eigenvalue weighted by atomic mass is 19.4. The van der Waals surface area contributed by atoms with Crippen molar-refractivity contribution < 1.29 is 31.4 Å². The Balaban J connectivity index is 2.58. The Morgan fingerprint density at radius 3 is 2.18 bits per heavy atom. The molecule has 1 N–H and O–H groups in total. The van der Waals surface area contributed by atoms with Crippen molar-refractivity contribution in [3.8, 4) is 0 Å². The zero-order chi connectivity index (χ0) is 13.3. The van der Waals surface area contributed by atoms with Gasteiger partial charge in [0, 0.05) is 6.42 Å². The maximum atomic E-state index is 12.4. The van der Waals surface area contributed by atoms with Crippen LogP contribution in [0.25, 0.3) is 0 Å². The normalized spacial score (nSPS) is 31.6. The molecule has 102 valence electrons. The Hall–Kier alpha value is -0.460. The fraction of sp³-hybridized carbons (Fsp3) is 1.00. The zero-order valence-corrected chi connectivity index (χ0v) is 9.03. The van der Waals surface area contributed by atoms with E-state index in [1.54, 1.807) is 0 Å². The van der Waals surface area contributed by atoms with E-state index in [1.807, 2.05) is 0 Å². The molecule has 0 heterocycles. The first-order chi connectivity index (χ1) is 7.52. The number of aliphatic hydroxyl groups is 1. The number of alkyl halides is 6. The van der Waals surface area contributed by atoms with E-state index >= 15 is 0 Å². The van der Waals surface area contributed by atoms with Gasteiger partial charge in [-0.15, -0.1) is 0 Å². The second kappa shape index (κ2) is 4.66. The Kier molecular flexibility index (Phi) is 4.01. The third kappa shape index (κ3) is 4.73. The molecule has 0 aliphatic heterocycles. The van der Waals surface area contributed by atoms with Gasteiger partial charge in [0.25, 0.3) is 0 Å². The summed E-state index contributed by atoms with van der Waals surface area (Å²) in [6, 6.07) is 0. The number of hydrogen-bond donors (Lipinski definition) is 1. The molecule has 7 heteroatoms. The monoisotopic (exact) mass is 264 g/mol. The second-order valence-electron chi connectivity index (χ2n) is 4.67. The summed E-state index contributed by atoms with van der Waals surface area (Å²) in [4.78, 5) is 0. The SMILES string of the molecule is OC1(CCC(F)(F)F)CCCC(C(F)(F)F)C1. The van der Waals surface area contributed by atoms with Gasteiger partial charge in [-0.1, -0.05) is 0 Å². The lowest BCUT2D eigenvalue weighted by Gasteiger charge is -2.37. The summed E-state index contributed by atoms with van der Waals surface area (Å²) in [5, 5.41) is 9.77. The van der Waals surface area contributed by atoms with Gasteiger partial charge in [0.15, 0.2) is 0 Å². The van der Waals surface area contributed by atoms with Gasteiger partial charge in [-0.3, -0.25) is 0 Å². The Bertz CT molecular complexity index is 259. The van der Waals surface area contributed by atoms with Crippen LogP contribution in [0.15, 0.2) is 0 Å². The van der Waals surface area contributed by atoms with Gasteiger partial charge in [-0.25, -0.2) is 0 Å². The molecule has 0 saturated heterocycles. The van der Waals surface area contributed by atoms with E-state index < -0.39 is 43.1 Å². The lowest BCUT2D eigenvalue weighted by molar-refractivity contribution is -0.205. The molecule has 2 atom stereocenters. The number of halogens is 6. The van der Waals surface area contributed by atoms with E-state index in [9.17, 15) is 31.4 Å². The smallest absolute Gasteiger partial charge is 0.390 e. The average molecular weight is 264 g/mol. The van der Waals surface area contributed by atoms with Gasteiger partial charge in [0.1, 0.15) is 0 Å². The molecule has 1 fully saturated rings. The molecule has 0 aromatic heterocycles. The first kappa shape index (κ1) is 14.6. The van der Waals surface area contributed by atoms with Crippen LogP contribution >= 0.6 is 0 Å². The minimum atomic E-state index is -4.44. The van der Waals surface area contributed by atoms with Gasteiger partial charge >= 0.3 is 12.4 Å². The molecule has 1 aliphatic carbocycles. The molecule has 0 aromatic rings. The molecule has 1 saturated carbocycles. The highest BCUT2D eigenvalue weighted by Gasteiger charge is 2.47. The molecule has 1 nitrogen and oxygen atoms in total. The predicted molar refractivity (Wildman–Crippen MR) is 48.3 cm³/mol. The van der Waals surface area contributed by atoms with Crippen molar-refractivity contribution in [2.24, 2.45) is 5.92 Å². The maximum Gasteiger partial charge on any atom is 0.391 e. The molecule has 0 bridgehead atoms. The molecule has 0 spiro atoms. The van der Waals surface area contributed by atoms with Crippen molar-refractivity contribution in [2.45, 2.75) is 56.5 Å². The summed E-state index contributed by atoms with van der Waals surface area (Å²) in [7, 11) is 0. The third-order valence-corrected chi connectivity index (χ3v) is 3.16. The van der Waals surface area contributed by atoms with E-state index in [0.717, 1.165) is 0 Å². The van der Waals surface area contributed by atoms with Crippen LogP contribution in [0.3, 0.4) is 0 Å². The van der Waals surface area contributed by atoms with Crippen molar-refractivity contribution in [1.29, 1.82) is 0 Å². The number of hydrogen-bond acceptors (Lipinski definition) is 1. The third-order valence-electron chi connectivity index (χ3n) is 3.16. The van der Waals surface area contributed by atoms with Gasteiger partial charge in [-0.05, 0) is 32.1 Å². The van der Waals surface area contributed by atoms with E-state index in [2.05, 4.69) is 0 Å². The Morgan fingerprint density at radius 1 is 1.12 bits per heavy atom. The number of rotatable bonds is 2. The highest BCUT2D eigenvalue weighted by Crippen LogP contribution is 2.44. The van der Waals surface area contributed by atoms with E-state index in [1.165, 1.54) is 0 Å². The van der Waals surface area contributed by atoms with Crippen LogP contribution in [0, 0.1) is 5.92 Å². The van der Waals surface area contributed by atoms with E-state index in [0.29, 0.717) is 0 Å². The van der Waals surface area contributed by atoms with Crippen molar-refractivity contribution in [2.75, 3.05) is 0 Å². The molecular formula is C10H14F6O. The summed E-state index contributed by atoms with van der Waals surface area (Å²) in [6.45, 7) is 0. The quantitative estimate of drug-likeness (QED) is 0.752. The summed E-state index contributed by atoms with van der Waals surface area (Å²) >= 11 is 0. The lowest BCUT2D eigenvalue weighted by atomic mass is 9.75. The summed E-state index contributed by atoms with van der Waals surface area (Å²) in [5.41, 5.74) is -1.83. The molecule has 1 aliphatic rings. The van der Waals surface area contributed by atoms with Crippen LogP contribution < -0.4 is 0 Å². The molecule has 0 radical (unpaired) electrons. The van der Waals surface area contributed by atoms with Gasteiger partial charge in [0.05, 0.1) is 11.5 Å². The second-order valence-corrected chi connectivity index (χ2v) is 4.67. The van der Waals surface area contributed by atoms with Crippen LogP contribution in [0.2, 0.25) is 0 Å². The molecule has 2 unspecified atom stereocenters.